The summed E-state index contributed by atoms with van der Waals surface area (Å²) in [6, 6.07) is 12.3. The highest BCUT2D eigenvalue weighted by Gasteiger charge is 2.33. The van der Waals surface area contributed by atoms with Crippen molar-refractivity contribution < 1.29 is 18.0 Å². The van der Waals surface area contributed by atoms with Crippen molar-refractivity contribution in [1.29, 1.82) is 0 Å². The Bertz CT molecular complexity index is 685. The summed E-state index contributed by atoms with van der Waals surface area (Å²) in [7, 11) is 1.50. The Kier molecular flexibility index (Phi) is 5.10. The Morgan fingerprint density at radius 1 is 1.09 bits per heavy atom. The van der Waals surface area contributed by atoms with Crippen LogP contribution in [0.15, 0.2) is 48.5 Å². The quantitative estimate of drug-likeness (QED) is 0.668. The summed E-state index contributed by atoms with van der Waals surface area (Å²) in [5.41, 5.74) is -0.149. The second-order valence-electron chi connectivity index (χ2n) is 4.80. The van der Waals surface area contributed by atoms with Gasteiger partial charge in [-0.3, -0.25) is 4.79 Å². The Morgan fingerprint density at radius 2 is 1.68 bits per heavy atom. The van der Waals surface area contributed by atoms with Crippen molar-refractivity contribution in [2.75, 3.05) is 7.05 Å². The van der Waals surface area contributed by atoms with E-state index in [1.165, 1.54) is 30.1 Å². The van der Waals surface area contributed by atoms with Gasteiger partial charge in [-0.1, -0.05) is 30.3 Å². The number of carbonyl (C=O) groups is 1. The fourth-order valence-electron chi connectivity index (χ4n) is 2.10. The van der Waals surface area contributed by atoms with E-state index < -0.39 is 11.7 Å². The van der Waals surface area contributed by atoms with Crippen molar-refractivity contribution in [2.24, 2.45) is 0 Å². The average Bonchev–Trinajstić information content (AvgIpc) is 2.46. The van der Waals surface area contributed by atoms with Gasteiger partial charge in [0, 0.05) is 17.2 Å². The molecule has 0 atom stereocenters. The van der Waals surface area contributed by atoms with Crippen LogP contribution in [0.25, 0.3) is 0 Å². The van der Waals surface area contributed by atoms with Crippen molar-refractivity contribution in [2.45, 2.75) is 12.7 Å². The van der Waals surface area contributed by atoms with Crippen LogP contribution in [0.3, 0.4) is 0 Å². The van der Waals surface area contributed by atoms with Crippen LogP contribution in [0.2, 0.25) is 0 Å². The van der Waals surface area contributed by atoms with Gasteiger partial charge in [0.05, 0.1) is 11.1 Å². The molecule has 1 amide bonds. The van der Waals surface area contributed by atoms with Crippen LogP contribution in [0, 0.1) is 3.57 Å². The predicted octanol–water partition coefficient (Wildman–Crippen LogP) is 4.58. The molecule has 0 aromatic heterocycles. The molecule has 0 bridgehead atoms. The molecule has 6 heteroatoms. The van der Waals surface area contributed by atoms with Gasteiger partial charge in [0.25, 0.3) is 5.91 Å². The molecule has 0 N–H and O–H groups in total. The van der Waals surface area contributed by atoms with Crippen molar-refractivity contribution in [3.63, 3.8) is 0 Å². The van der Waals surface area contributed by atoms with Gasteiger partial charge in [-0.25, -0.2) is 0 Å². The second kappa shape index (κ2) is 6.68. The molecule has 0 aliphatic carbocycles. The number of halogens is 4. The van der Waals surface area contributed by atoms with Crippen LogP contribution in [-0.4, -0.2) is 17.9 Å². The van der Waals surface area contributed by atoms with E-state index in [4.69, 9.17) is 0 Å². The van der Waals surface area contributed by atoms with E-state index in [0.29, 0.717) is 5.56 Å². The Balaban J connectivity index is 2.25. The summed E-state index contributed by atoms with van der Waals surface area (Å²) in [6.07, 6.45) is -4.43. The number of nitrogens with zero attached hydrogens (tertiary/aromatic N) is 1. The largest absolute Gasteiger partial charge is 0.416 e. The number of carbonyl (C=O) groups excluding carboxylic acids is 1. The topological polar surface area (TPSA) is 20.3 Å². The minimum Gasteiger partial charge on any atom is -0.337 e. The van der Waals surface area contributed by atoms with E-state index in [9.17, 15) is 18.0 Å². The van der Waals surface area contributed by atoms with Gasteiger partial charge in [0.2, 0.25) is 0 Å². The molecule has 2 aromatic rings. The Hall–Kier alpha value is -1.57. The first kappa shape index (κ1) is 16.8. The molecule has 116 valence electrons. The fraction of sp³-hybridized carbons (Fsp3) is 0.188. The van der Waals surface area contributed by atoms with Crippen LogP contribution in [0.5, 0.6) is 0 Å². The third-order valence-electron chi connectivity index (χ3n) is 3.18. The van der Waals surface area contributed by atoms with Crippen molar-refractivity contribution in [1.82, 2.24) is 4.90 Å². The number of hydrogen-bond donors (Lipinski definition) is 0. The zero-order valence-corrected chi connectivity index (χ0v) is 13.9. The lowest BCUT2D eigenvalue weighted by Gasteiger charge is -2.20. The van der Waals surface area contributed by atoms with Crippen LogP contribution < -0.4 is 0 Å². The van der Waals surface area contributed by atoms with Gasteiger partial charge in [-0.2, -0.15) is 13.2 Å². The maximum atomic E-state index is 13.0. The molecule has 2 aromatic carbocycles. The average molecular weight is 419 g/mol. The van der Waals surface area contributed by atoms with E-state index >= 15 is 0 Å². The zero-order chi connectivity index (χ0) is 16.3. The molecule has 0 fully saturated rings. The Labute approximate surface area is 140 Å². The SMILES string of the molecule is CN(Cc1ccccc1C(F)(F)F)C(=O)c1ccccc1I. The summed E-state index contributed by atoms with van der Waals surface area (Å²) >= 11 is 2.03. The first-order chi connectivity index (χ1) is 10.3. The molecule has 0 unspecified atom stereocenters. The maximum absolute atomic E-state index is 13.0. The molecule has 0 radical (unpaired) electrons. The first-order valence-electron chi connectivity index (χ1n) is 6.46. The van der Waals surface area contributed by atoms with Crippen LogP contribution in [-0.2, 0) is 12.7 Å². The van der Waals surface area contributed by atoms with E-state index in [-0.39, 0.29) is 18.0 Å². The minimum atomic E-state index is -4.43. The number of benzene rings is 2. The third kappa shape index (κ3) is 3.79. The number of amides is 1. The van der Waals surface area contributed by atoms with E-state index in [0.717, 1.165) is 9.64 Å². The highest BCUT2D eigenvalue weighted by atomic mass is 127. The van der Waals surface area contributed by atoms with Gasteiger partial charge in [-0.05, 0) is 46.4 Å². The number of alkyl halides is 3. The second-order valence-corrected chi connectivity index (χ2v) is 5.96. The molecule has 0 saturated heterocycles. The van der Waals surface area contributed by atoms with Crippen LogP contribution in [0.1, 0.15) is 21.5 Å². The van der Waals surface area contributed by atoms with E-state index in [2.05, 4.69) is 0 Å². The van der Waals surface area contributed by atoms with Gasteiger partial charge < -0.3 is 4.90 Å². The van der Waals surface area contributed by atoms with E-state index in [1.807, 2.05) is 22.6 Å². The lowest BCUT2D eigenvalue weighted by Crippen LogP contribution is -2.28. The van der Waals surface area contributed by atoms with Crippen LogP contribution in [0.4, 0.5) is 13.2 Å². The highest BCUT2D eigenvalue weighted by molar-refractivity contribution is 14.1. The first-order valence-corrected chi connectivity index (χ1v) is 7.53. The summed E-state index contributed by atoms with van der Waals surface area (Å²) in [5.74, 6) is -0.304. The summed E-state index contributed by atoms with van der Waals surface area (Å²) in [6.45, 7) is -0.0977. The summed E-state index contributed by atoms with van der Waals surface area (Å²) in [5, 5.41) is 0. The summed E-state index contributed by atoms with van der Waals surface area (Å²) < 4.78 is 39.7. The van der Waals surface area contributed by atoms with Gasteiger partial charge in [0.15, 0.2) is 0 Å². The normalized spacial score (nSPS) is 11.3. The van der Waals surface area contributed by atoms with Crippen molar-refractivity contribution in [3.8, 4) is 0 Å². The smallest absolute Gasteiger partial charge is 0.337 e. The molecule has 22 heavy (non-hydrogen) atoms. The molecule has 2 nitrogen and oxygen atoms in total. The zero-order valence-electron chi connectivity index (χ0n) is 11.7. The molecule has 2 rings (SSSR count). The van der Waals surface area contributed by atoms with Gasteiger partial charge in [0.1, 0.15) is 0 Å². The standard InChI is InChI=1S/C16H13F3INO/c1-21(15(22)12-7-3-5-9-14(12)20)10-11-6-2-4-8-13(11)16(17,18)19/h2-9H,10H2,1H3. The minimum absolute atomic E-state index is 0.0804. The Morgan fingerprint density at radius 3 is 2.32 bits per heavy atom. The van der Waals surface area contributed by atoms with Gasteiger partial charge >= 0.3 is 6.18 Å². The van der Waals surface area contributed by atoms with Crippen molar-refractivity contribution in [3.05, 3.63) is 68.8 Å². The van der Waals surface area contributed by atoms with Crippen LogP contribution >= 0.6 is 22.6 Å². The molecule has 0 aliphatic rings. The molecule has 0 heterocycles. The predicted molar refractivity (Wildman–Crippen MR) is 86.4 cm³/mol. The molecule has 0 spiro atoms. The van der Waals surface area contributed by atoms with Gasteiger partial charge in [-0.15, -0.1) is 0 Å². The molecule has 0 aliphatic heterocycles. The monoisotopic (exact) mass is 419 g/mol. The fourth-order valence-corrected chi connectivity index (χ4v) is 2.72. The van der Waals surface area contributed by atoms with Crippen molar-refractivity contribution >= 4 is 28.5 Å². The molecular formula is C16H13F3INO. The molecule has 0 saturated carbocycles. The number of hydrogen-bond acceptors (Lipinski definition) is 1. The highest BCUT2D eigenvalue weighted by Crippen LogP contribution is 2.32. The molecular weight excluding hydrogens is 406 g/mol. The lowest BCUT2D eigenvalue weighted by atomic mass is 10.1. The number of rotatable bonds is 3. The van der Waals surface area contributed by atoms with E-state index in [1.54, 1.807) is 24.3 Å². The summed E-state index contributed by atoms with van der Waals surface area (Å²) in [4.78, 5) is 13.7. The lowest BCUT2D eigenvalue weighted by molar-refractivity contribution is -0.138. The third-order valence-corrected chi connectivity index (χ3v) is 4.12. The maximum Gasteiger partial charge on any atom is 0.416 e.